The van der Waals surface area contributed by atoms with E-state index in [0.29, 0.717) is 17.9 Å². The number of esters is 1. The Morgan fingerprint density at radius 3 is 2.10 bits per heavy atom. The minimum Gasteiger partial charge on any atom is -0.466 e. The molecule has 0 heterocycles. The molecule has 3 unspecified atom stereocenters. The van der Waals surface area contributed by atoms with E-state index in [4.69, 9.17) is 9.47 Å². The molecule has 0 aliphatic carbocycles. The lowest BCUT2D eigenvalue weighted by Crippen LogP contribution is -2.56. The molecule has 0 saturated heterocycles. The Morgan fingerprint density at radius 2 is 1.60 bits per heavy atom. The van der Waals surface area contributed by atoms with Crippen LogP contribution in [-0.2, 0) is 23.9 Å². The van der Waals surface area contributed by atoms with E-state index >= 15 is 0 Å². The number of aryl methyl sites for hydroxylation is 2. The molecule has 40 heavy (non-hydrogen) atoms. The highest BCUT2D eigenvalue weighted by atomic mass is 32.1. The molecule has 2 N–H and O–H groups in total. The van der Waals surface area contributed by atoms with Crippen LogP contribution in [-0.4, -0.2) is 65.4 Å². The highest BCUT2D eigenvalue weighted by Gasteiger charge is 2.38. The number of thiol groups is 1. The van der Waals surface area contributed by atoms with Crippen molar-refractivity contribution in [3.05, 3.63) is 34.9 Å². The maximum absolute atomic E-state index is 14.2. The molecule has 1 aromatic rings. The molecule has 0 bridgehead atoms. The third-order valence-corrected chi connectivity index (χ3v) is 6.45. The zero-order chi connectivity index (χ0) is 30.6. The fraction of sp³-hybridized carbons (Fsp3) is 0.667. The second kappa shape index (κ2) is 16.5. The maximum atomic E-state index is 14.2. The zero-order valence-corrected chi connectivity index (χ0v) is 26.5. The van der Waals surface area contributed by atoms with Crippen LogP contribution in [0.5, 0.6) is 0 Å². The van der Waals surface area contributed by atoms with E-state index < -0.39 is 41.6 Å². The minimum atomic E-state index is -1.03. The molecule has 1 rings (SSSR count). The third kappa shape index (κ3) is 12.2. The van der Waals surface area contributed by atoms with Gasteiger partial charge in [0.25, 0.3) is 0 Å². The monoisotopic (exact) mass is 579 g/mol. The van der Waals surface area contributed by atoms with Gasteiger partial charge in [0.2, 0.25) is 11.8 Å². The summed E-state index contributed by atoms with van der Waals surface area (Å²) in [5.41, 5.74) is 1.78. The molecule has 0 spiro atoms. The molecule has 10 heteroatoms. The number of rotatable bonds is 14. The lowest BCUT2D eigenvalue weighted by Gasteiger charge is -2.38. The van der Waals surface area contributed by atoms with E-state index in [9.17, 15) is 19.2 Å². The standard InChI is InChI=1S/C30H49N3O6S/c1-10-38-25(34)13-14-31-27(35)26(23-16-20(4)15-21(5)17-23)33(22(6)12-11-19(2)3)28(36)24(18-40)32-29(37)39-30(7,8)9/h15-17,19,22,24,26,40H,10-14,18H2,1-9H3,(H,31,35)(H,32,37). The largest absolute Gasteiger partial charge is 0.466 e. The maximum Gasteiger partial charge on any atom is 0.408 e. The highest BCUT2D eigenvalue weighted by molar-refractivity contribution is 7.80. The van der Waals surface area contributed by atoms with Crippen LogP contribution >= 0.6 is 12.6 Å². The third-order valence-electron chi connectivity index (χ3n) is 6.08. The number of ether oxygens (including phenoxy) is 2. The van der Waals surface area contributed by atoms with Crippen LogP contribution in [0.4, 0.5) is 4.79 Å². The van der Waals surface area contributed by atoms with Crippen molar-refractivity contribution < 1.29 is 28.7 Å². The van der Waals surface area contributed by atoms with Gasteiger partial charge in [-0.15, -0.1) is 0 Å². The van der Waals surface area contributed by atoms with E-state index in [1.807, 2.05) is 39.0 Å². The van der Waals surface area contributed by atoms with Crippen molar-refractivity contribution in [2.24, 2.45) is 5.92 Å². The molecule has 0 saturated carbocycles. The van der Waals surface area contributed by atoms with Gasteiger partial charge < -0.3 is 25.0 Å². The van der Waals surface area contributed by atoms with Crippen LogP contribution in [0.2, 0.25) is 0 Å². The average Bonchev–Trinajstić information content (AvgIpc) is 2.82. The normalized spacial score (nSPS) is 13.7. The first-order chi connectivity index (χ1) is 18.6. The summed E-state index contributed by atoms with van der Waals surface area (Å²) in [6, 6.07) is 3.39. The molecule has 3 atom stereocenters. The molecule has 0 aliphatic rings. The number of benzene rings is 1. The van der Waals surface area contributed by atoms with Crippen LogP contribution in [0.3, 0.4) is 0 Å². The summed E-state index contributed by atoms with van der Waals surface area (Å²) in [6.45, 7) is 17.2. The summed E-state index contributed by atoms with van der Waals surface area (Å²) in [5, 5.41) is 5.47. The van der Waals surface area contributed by atoms with Gasteiger partial charge in [0.05, 0.1) is 13.0 Å². The zero-order valence-electron chi connectivity index (χ0n) is 25.6. The minimum absolute atomic E-state index is 0.00938. The Kier molecular flexibility index (Phi) is 14.6. The predicted molar refractivity (Wildman–Crippen MR) is 160 cm³/mol. The van der Waals surface area contributed by atoms with Crippen LogP contribution < -0.4 is 10.6 Å². The van der Waals surface area contributed by atoms with Crippen molar-refractivity contribution in [3.8, 4) is 0 Å². The van der Waals surface area contributed by atoms with Crippen molar-refractivity contribution in [1.82, 2.24) is 15.5 Å². The van der Waals surface area contributed by atoms with E-state index in [2.05, 4.69) is 37.1 Å². The first-order valence-electron chi connectivity index (χ1n) is 14.0. The van der Waals surface area contributed by atoms with Gasteiger partial charge in [-0.2, -0.15) is 12.6 Å². The van der Waals surface area contributed by atoms with Gasteiger partial charge >= 0.3 is 12.1 Å². The Hall–Kier alpha value is -2.75. The molecule has 0 radical (unpaired) electrons. The number of hydrogen-bond acceptors (Lipinski definition) is 7. The van der Waals surface area contributed by atoms with Crippen molar-refractivity contribution in [2.75, 3.05) is 18.9 Å². The van der Waals surface area contributed by atoms with Crippen LogP contribution in [0.1, 0.15) is 90.5 Å². The van der Waals surface area contributed by atoms with Gasteiger partial charge in [0.15, 0.2) is 0 Å². The number of carbonyl (C=O) groups excluding carboxylic acids is 4. The fourth-order valence-corrected chi connectivity index (χ4v) is 4.60. The van der Waals surface area contributed by atoms with Gasteiger partial charge in [-0.05, 0) is 72.8 Å². The predicted octanol–water partition coefficient (Wildman–Crippen LogP) is 4.89. The smallest absolute Gasteiger partial charge is 0.408 e. The summed E-state index contributed by atoms with van der Waals surface area (Å²) in [6.07, 6.45) is 0.749. The first kappa shape index (κ1) is 35.3. The number of amides is 3. The van der Waals surface area contributed by atoms with Crippen LogP contribution in [0, 0.1) is 19.8 Å². The van der Waals surface area contributed by atoms with E-state index in [1.165, 1.54) is 0 Å². The summed E-state index contributed by atoms with van der Waals surface area (Å²) in [4.78, 5) is 54.0. The SMILES string of the molecule is CCOC(=O)CCNC(=O)C(c1cc(C)cc(C)c1)N(C(=O)C(CS)NC(=O)OC(C)(C)C)C(C)CCC(C)C. The molecule has 0 aliphatic heterocycles. The molecule has 3 amide bonds. The summed E-state index contributed by atoms with van der Waals surface area (Å²) in [5.74, 6) is -0.884. The van der Waals surface area contributed by atoms with Crippen molar-refractivity contribution in [1.29, 1.82) is 0 Å². The lowest BCUT2D eigenvalue weighted by molar-refractivity contribution is -0.145. The Bertz CT molecular complexity index is 987. The number of alkyl carbamates (subject to hydrolysis) is 1. The van der Waals surface area contributed by atoms with E-state index in [0.717, 1.165) is 17.5 Å². The van der Waals surface area contributed by atoms with Gasteiger partial charge in [-0.25, -0.2) is 4.79 Å². The van der Waals surface area contributed by atoms with Gasteiger partial charge in [0.1, 0.15) is 17.7 Å². The van der Waals surface area contributed by atoms with Crippen LogP contribution in [0.15, 0.2) is 18.2 Å². The topological polar surface area (TPSA) is 114 Å². The molecule has 9 nitrogen and oxygen atoms in total. The number of carbonyl (C=O) groups is 4. The number of nitrogens with one attached hydrogen (secondary N) is 2. The average molecular weight is 580 g/mol. The van der Waals surface area contributed by atoms with Gasteiger partial charge in [-0.1, -0.05) is 43.2 Å². The quantitative estimate of drug-likeness (QED) is 0.214. The molecule has 0 aromatic heterocycles. The summed E-state index contributed by atoms with van der Waals surface area (Å²) < 4.78 is 10.4. The van der Waals surface area contributed by atoms with E-state index in [1.54, 1.807) is 32.6 Å². The van der Waals surface area contributed by atoms with Crippen LogP contribution in [0.25, 0.3) is 0 Å². The lowest BCUT2D eigenvalue weighted by atomic mass is 9.95. The second-order valence-corrected chi connectivity index (χ2v) is 12.0. The number of nitrogens with zero attached hydrogens (tertiary/aromatic N) is 1. The van der Waals surface area contributed by atoms with Crippen molar-refractivity contribution in [2.45, 2.75) is 105 Å². The molecule has 1 aromatic carbocycles. The van der Waals surface area contributed by atoms with Crippen molar-refractivity contribution in [3.63, 3.8) is 0 Å². The summed E-state index contributed by atoms with van der Waals surface area (Å²) in [7, 11) is 0. The summed E-state index contributed by atoms with van der Waals surface area (Å²) >= 11 is 4.36. The molecule has 226 valence electrons. The molecular weight excluding hydrogens is 530 g/mol. The Morgan fingerprint density at radius 1 is 1.00 bits per heavy atom. The van der Waals surface area contributed by atoms with Crippen molar-refractivity contribution >= 4 is 36.5 Å². The highest BCUT2D eigenvalue weighted by Crippen LogP contribution is 2.29. The first-order valence-corrected chi connectivity index (χ1v) is 14.7. The molecule has 0 fully saturated rings. The second-order valence-electron chi connectivity index (χ2n) is 11.6. The molecular formula is C30H49N3O6S. The van der Waals surface area contributed by atoms with Gasteiger partial charge in [0, 0.05) is 18.3 Å². The van der Waals surface area contributed by atoms with E-state index in [-0.39, 0.29) is 31.4 Å². The number of hydrogen-bond donors (Lipinski definition) is 3. The van der Waals surface area contributed by atoms with Gasteiger partial charge in [-0.3, -0.25) is 14.4 Å². The fourth-order valence-electron chi connectivity index (χ4n) is 4.35. The Labute approximate surface area is 245 Å². The Balaban J connectivity index is 3.53.